The van der Waals surface area contributed by atoms with Crippen LogP contribution in [0.1, 0.15) is 12.7 Å². The van der Waals surface area contributed by atoms with Gasteiger partial charge in [-0.2, -0.15) is 0 Å². The lowest BCUT2D eigenvalue weighted by molar-refractivity contribution is -0.120. The monoisotopic (exact) mass is 259 g/mol. The summed E-state index contributed by atoms with van der Waals surface area (Å²) in [5, 5.41) is 2.81. The average molecular weight is 260 g/mol. The van der Waals surface area contributed by atoms with Crippen molar-refractivity contribution in [2.75, 3.05) is 6.54 Å². The molecule has 0 spiro atoms. The average Bonchev–Trinajstić information content (AvgIpc) is 2.51. The minimum absolute atomic E-state index is 0.0132. The molecule has 4 nitrogen and oxygen atoms in total. The van der Waals surface area contributed by atoms with Gasteiger partial charge in [0.2, 0.25) is 5.91 Å². The molecule has 0 saturated carbocycles. The van der Waals surface area contributed by atoms with Crippen LogP contribution in [0.2, 0.25) is 0 Å². The Labute approximate surface area is 91.8 Å². The third-order valence-corrected chi connectivity index (χ3v) is 2.35. The second-order valence-electron chi connectivity index (χ2n) is 3.11. The normalized spacial score (nSPS) is 12.5. The molecule has 0 aromatic carbocycles. The summed E-state index contributed by atoms with van der Waals surface area (Å²) in [5.41, 5.74) is 0. The Balaban J connectivity index is 2.29. The van der Waals surface area contributed by atoms with E-state index in [1.54, 1.807) is 13.1 Å². The van der Waals surface area contributed by atoms with Crippen LogP contribution < -0.4 is 5.32 Å². The summed E-state index contributed by atoms with van der Waals surface area (Å²) in [5.74, 6) is 0.992. The summed E-state index contributed by atoms with van der Waals surface area (Å²) < 4.78 is 1.95. The molecule has 0 fully saturated rings. The van der Waals surface area contributed by atoms with Crippen LogP contribution in [0.3, 0.4) is 0 Å². The molecule has 0 aliphatic heterocycles. The number of carbonyl (C=O) groups excluding carboxylic acids is 1. The Morgan fingerprint density at radius 1 is 1.79 bits per heavy atom. The van der Waals surface area contributed by atoms with Crippen molar-refractivity contribution in [2.45, 2.75) is 18.2 Å². The van der Waals surface area contributed by atoms with Crippen molar-refractivity contribution in [3.63, 3.8) is 0 Å². The number of imidazole rings is 1. The number of nitrogens with zero attached hydrogens (tertiary/aromatic N) is 2. The smallest absolute Gasteiger partial charge is 0.233 e. The van der Waals surface area contributed by atoms with Gasteiger partial charge in [-0.05, 0) is 6.92 Å². The molecule has 1 amide bonds. The molecule has 1 atom stereocenters. The number of alkyl halides is 1. The molecule has 1 aromatic rings. The molecule has 1 aromatic heterocycles. The highest BCUT2D eigenvalue weighted by molar-refractivity contribution is 9.10. The van der Waals surface area contributed by atoms with E-state index in [0.717, 1.165) is 12.2 Å². The lowest BCUT2D eigenvalue weighted by Gasteiger charge is -2.06. The van der Waals surface area contributed by atoms with Crippen molar-refractivity contribution in [2.24, 2.45) is 7.05 Å². The van der Waals surface area contributed by atoms with E-state index in [1.807, 2.05) is 17.8 Å². The van der Waals surface area contributed by atoms with Gasteiger partial charge >= 0.3 is 0 Å². The van der Waals surface area contributed by atoms with E-state index < -0.39 is 0 Å². The number of halogens is 1. The summed E-state index contributed by atoms with van der Waals surface area (Å²) in [6.07, 6.45) is 4.41. The van der Waals surface area contributed by atoms with Crippen LogP contribution in [0.25, 0.3) is 0 Å². The van der Waals surface area contributed by atoms with Gasteiger partial charge in [0.25, 0.3) is 0 Å². The van der Waals surface area contributed by atoms with Crippen molar-refractivity contribution >= 4 is 21.8 Å². The van der Waals surface area contributed by atoms with E-state index in [-0.39, 0.29) is 10.7 Å². The minimum atomic E-state index is -0.135. The lowest BCUT2D eigenvalue weighted by atomic mass is 10.3. The molecule has 1 rings (SSSR count). The van der Waals surface area contributed by atoms with Gasteiger partial charge in [-0.3, -0.25) is 4.79 Å². The van der Waals surface area contributed by atoms with Gasteiger partial charge < -0.3 is 9.88 Å². The Morgan fingerprint density at radius 3 is 3.00 bits per heavy atom. The molecule has 0 saturated heterocycles. The molecule has 1 unspecified atom stereocenters. The molecule has 0 bridgehead atoms. The number of nitrogens with one attached hydrogen (secondary N) is 1. The van der Waals surface area contributed by atoms with Crippen LogP contribution in [-0.2, 0) is 18.3 Å². The molecule has 5 heteroatoms. The number of aryl methyl sites for hydroxylation is 1. The first-order valence-electron chi connectivity index (χ1n) is 4.49. The summed E-state index contributed by atoms with van der Waals surface area (Å²) in [6, 6.07) is 0. The number of hydrogen-bond donors (Lipinski definition) is 1. The maximum absolute atomic E-state index is 11.2. The maximum atomic E-state index is 11.2. The van der Waals surface area contributed by atoms with E-state index in [0.29, 0.717) is 6.54 Å². The quantitative estimate of drug-likeness (QED) is 0.816. The first-order chi connectivity index (χ1) is 6.61. The third-order valence-electron chi connectivity index (χ3n) is 1.93. The van der Waals surface area contributed by atoms with Crippen molar-refractivity contribution in [3.05, 3.63) is 18.2 Å². The van der Waals surface area contributed by atoms with Gasteiger partial charge in [0.15, 0.2) is 0 Å². The highest BCUT2D eigenvalue weighted by Gasteiger charge is 2.07. The Hall–Kier alpha value is -0.840. The Kier molecular flexibility index (Phi) is 4.13. The van der Waals surface area contributed by atoms with Crippen LogP contribution >= 0.6 is 15.9 Å². The SMILES string of the molecule is CC(Br)C(=O)NCCc1nccn1C. The van der Waals surface area contributed by atoms with E-state index in [4.69, 9.17) is 0 Å². The number of rotatable bonds is 4. The number of aromatic nitrogens is 2. The molecule has 78 valence electrons. The molecule has 1 N–H and O–H groups in total. The molecule has 0 aliphatic rings. The zero-order chi connectivity index (χ0) is 10.6. The number of hydrogen-bond acceptors (Lipinski definition) is 2. The van der Waals surface area contributed by atoms with Crippen LogP contribution in [0, 0.1) is 0 Å². The number of carbonyl (C=O) groups is 1. The van der Waals surface area contributed by atoms with Crippen LogP contribution in [0.5, 0.6) is 0 Å². The summed E-state index contributed by atoms with van der Waals surface area (Å²) >= 11 is 3.20. The largest absolute Gasteiger partial charge is 0.355 e. The minimum Gasteiger partial charge on any atom is -0.355 e. The molecule has 0 radical (unpaired) electrons. The highest BCUT2D eigenvalue weighted by atomic mass is 79.9. The fourth-order valence-corrected chi connectivity index (χ4v) is 1.24. The maximum Gasteiger partial charge on any atom is 0.233 e. The van der Waals surface area contributed by atoms with Crippen LogP contribution in [0.4, 0.5) is 0 Å². The summed E-state index contributed by atoms with van der Waals surface area (Å²) in [7, 11) is 1.94. The van der Waals surface area contributed by atoms with Gasteiger partial charge in [0.05, 0.1) is 4.83 Å². The summed E-state index contributed by atoms with van der Waals surface area (Å²) in [4.78, 5) is 15.2. The molecular weight excluding hydrogens is 246 g/mol. The standard InChI is InChI=1S/C9H14BrN3O/c1-7(10)9(14)12-4-3-8-11-5-6-13(8)2/h5-7H,3-4H2,1-2H3,(H,12,14). The topological polar surface area (TPSA) is 46.9 Å². The Morgan fingerprint density at radius 2 is 2.50 bits per heavy atom. The highest BCUT2D eigenvalue weighted by Crippen LogP contribution is 1.97. The first-order valence-corrected chi connectivity index (χ1v) is 5.41. The second-order valence-corrected chi connectivity index (χ2v) is 4.48. The van der Waals surface area contributed by atoms with Gasteiger partial charge in [-0.25, -0.2) is 4.98 Å². The van der Waals surface area contributed by atoms with Gasteiger partial charge in [-0.15, -0.1) is 0 Å². The second kappa shape index (κ2) is 5.14. The van der Waals surface area contributed by atoms with E-state index >= 15 is 0 Å². The predicted molar refractivity (Wildman–Crippen MR) is 58.3 cm³/mol. The molecular formula is C9H14BrN3O. The molecule has 0 aliphatic carbocycles. The fourth-order valence-electron chi connectivity index (χ4n) is 1.08. The van der Waals surface area contributed by atoms with Gasteiger partial charge in [0, 0.05) is 32.4 Å². The first kappa shape index (κ1) is 11.2. The zero-order valence-corrected chi connectivity index (χ0v) is 9.91. The Bertz CT molecular complexity index is 309. The van der Waals surface area contributed by atoms with Crippen LogP contribution in [-0.4, -0.2) is 26.8 Å². The zero-order valence-electron chi connectivity index (χ0n) is 8.33. The predicted octanol–water partition coefficient (Wildman–Crippen LogP) is 0.862. The van der Waals surface area contributed by atoms with E-state index in [9.17, 15) is 4.79 Å². The summed E-state index contributed by atoms with van der Waals surface area (Å²) in [6.45, 7) is 2.43. The van der Waals surface area contributed by atoms with Crippen molar-refractivity contribution in [3.8, 4) is 0 Å². The van der Waals surface area contributed by atoms with E-state index in [1.165, 1.54) is 0 Å². The van der Waals surface area contributed by atoms with Crippen molar-refractivity contribution in [1.82, 2.24) is 14.9 Å². The van der Waals surface area contributed by atoms with Crippen molar-refractivity contribution < 1.29 is 4.79 Å². The fraction of sp³-hybridized carbons (Fsp3) is 0.556. The van der Waals surface area contributed by atoms with Gasteiger partial charge in [0.1, 0.15) is 5.82 Å². The lowest BCUT2D eigenvalue weighted by Crippen LogP contribution is -2.31. The molecule has 1 heterocycles. The molecule has 14 heavy (non-hydrogen) atoms. The van der Waals surface area contributed by atoms with E-state index in [2.05, 4.69) is 26.2 Å². The van der Waals surface area contributed by atoms with Crippen molar-refractivity contribution in [1.29, 1.82) is 0 Å². The number of amides is 1. The van der Waals surface area contributed by atoms with Crippen LogP contribution in [0.15, 0.2) is 12.4 Å². The van der Waals surface area contributed by atoms with Gasteiger partial charge in [-0.1, -0.05) is 15.9 Å². The third kappa shape index (κ3) is 3.14.